The van der Waals surface area contributed by atoms with E-state index in [0.29, 0.717) is 45.2 Å². The second-order valence-corrected chi connectivity index (χ2v) is 10.5. The third kappa shape index (κ3) is 7.03. The zero-order chi connectivity index (χ0) is 30.3. The minimum Gasteiger partial charge on any atom is -0.490 e. The van der Waals surface area contributed by atoms with Crippen molar-refractivity contribution in [3.05, 3.63) is 123 Å². The van der Waals surface area contributed by atoms with Crippen LogP contribution in [0, 0.1) is 9.39 Å². The maximum atomic E-state index is 14.1. The topological polar surface area (TPSA) is 94.2 Å². The van der Waals surface area contributed by atoms with Crippen molar-refractivity contribution < 1.29 is 33.0 Å². The summed E-state index contributed by atoms with van der Waals surface area (Å²) in [6.45, 7) is 2.47. The van der Waals surface area contributed by atoms with Gasteiger partial charge in [0, 0.05) is 5.56 Å². The number of nitrogens with one attached hydrogen (secondary N) is 1. The standard InChI is InChI=1S/C33H26FIN2O6/c1-2-41-29-18-22(17-28(35)30(29)43-20-23-10-6-7-11-27(23)34)16-26-31(38)36-33(40)37(32(26)39)24-12-14-25(15-13-24)42-19-21-8-4-3-5-9-21/h3-18H,2,19-20H2,1H3,(H,36,38,40)/b26-16+. The smallest absolute Gasteiger partial charge is 0.335 e. The SMILES string of the molecule is CCOc1cc(/C=C2\C(=O)NC(=O)N(c3ccc(OCc4ccccc4)cc3)C2=O)cc(I)c1OCc1ccccc1F. The van der Waals surface area contributed by atoms with Gasteiger partial charge in [-0.3, -0.25) is 14.9 Å². The van der Waals surface area contributed by atoms with E-state index in [-0.39, 0.29) is 23.7 Å². The number of hydrogen-bond donors (Lipinski definition) is 1. The lowest BCUT2D eigenvalue weighted by Crippen LogP contribution is -2.54. The molecular weight excluding hydrogens is 666 g/mol. The molecule has 4 amide bonds. The number of barbiturate groups is 1. The number of nitrogens with zero attached hydrogens (tertiary/aromatic N) is 1. The highest BCUT2D eigenvalue weighted by Gasteiger charge is 2.37. The summed E-state index contributed by atoms with van der Waals surface area (Å²) in [6, 6.07) is 24.9. The number of amides is 4. The summed E-state index contributed by atoms with van der Waals surface area (Å²) in [7, 11) is 0. The summed E-state index contributed by atoms with van der Waals surface area (Å²) in [5, 5.41) is 2.23. The Morgan fingerprint density at radius 1 is 0.860 bits per heavy atom. The lowest BCUT2D eigenvalue weighted by molar-refractivity contribution is -0.122. The van der Waals surface area contributed by atoms with E-state index in [4.69, 9.17) is 14.2 Å². The number of halogens is 2. The van der Waals surface area contributed by atoms with Crippen LogP contribution in [-0.2, 0) is 22.8 Å². The fraction of sp³-hybridized carbons (Fsp3) is 0.121. The van der Waals surface area contributed by atoms with Gasteiger partial charge in [-0.2, -0.15) is 0 Å². The Morgan fingerprint density at radius 2 is 1.58 bits per heavy atom. The van der Waals surface area contributed by atoms with Crippen LogP contribution in [0.15, 0.2) is 96.6 Å². The van der Waals surface area contributed by atoms with Gasteiger partial charge in [0.25, 0.3) is 11.8 Å². The summed E-state index contributed by atoms with van der Waals surface area (Å²) in [5.41, 5.74) is 1.90. The minimum absolute atomic E-state index is 0.0166. The van der Waals surface area contributed by atoms with Crippen LogP contribution in [-0.4, -0.2) is 24.5 Å². The third-order valence-electron chi connectivity index (χ3n) is 6.42. The van der Waals surface area contributed by atoms with Crippen molar-refractivity contribution in [3.63, 3.8) is 0 Å². The maximum Gasteiger partial charge on any atom is 0.335 e. The van der Waals surface area contributed by atoms with E-state index < -0.39 is 17.8 Å². The van der Waals surface area contributed by atoms with E-state index >= 15 is 0 Å². The zero-order valence-electron chi connectivity index (χ0n) is 23.0. The molecule has 4 aromatic rings. The first kappa shape index (κ1) is 29.8. The summed E-state index contributed by atoms with van der Waals surface area (Å²) in [6.07, 6.45) is 1.39. The van der Waals surface area contributed by atoms with E-state index in [1.807, 2.05) is 52.9 Å². The van der Waals surface area contributed by atoms with Gasteiger partial charge in [-0.05, 0) is 89.2 Å². The van der Waals surface area contributed by atoms with Gasteiger partial charge in [0.1, 0.15) is 30.4 Å². The monoisotopic (exact) mass is 692 g/mol. The first-order valence-corrected chi connectivity index (χ1v) is 14.4. The normalized spacial score (nSPS) is 14.1. The average Bonchev–Trinajstić information content (AvgIpc) is 3.00. The number of carbonyl (C=O) groups excluding carboxylic acids is 3. The molecule has 0 unspecified atom stereocenters. The van der Waals surface area contributed by atoms with Gasteiger partial charge in [-0.1, -0.05) is 48.5 Å². The zero-order valence-corrected chi connectivity index (χ0v) is 25.2. The van der Waals surface area contributed by atoms with Crippen molar-refractivity contribution in [2.24, 2.45) is 0 Å². The Balaban J connectivity index is 1.37. The Hall–Kier alpha value is -4.71. The van der Waals surface area contributed by atoms with Crippen molar-refractivity contribution in [2.45, 2.75) is 20.1 Å². The fourth-order valence-electron chi connectivity index (χ4n) is 4.33. The Bertz CT molecular complexity index is 1690. The van der Waals surface area contributed by atoms with Crippen LogP contribution in [0.2, 0.25) is 0 Å². The molecule has 4 aromatic carbocycles. The Kier molecular flexibility index (Phi) is 9.35. The van der Waals surface area contributed by atoms with E-state index in [1.165, 1.54) is 12.1 Å². The molecule has 1 fully saturated rings. The predicted octanol–water partition coefficient (Wildman–Crippen LogP) is 6.65. The van der Waals surface area contributed by atoms with Crippen molar-refractivity contribution in [1.82, 2.24) is 5.32 Å². The molecule has 0 saturated carbocycles. The van der Waals surface area contributed by atoms with Gasteiger partial charge in [0.05, 0.1) is 15.9 Å². The van der Waals surface area contributed by atoms with Crippen LogP contribution in [0.4, 0.5) is 14.9 Å². The van der Waals surface area contributed by atoms with Crippen LogP contribution in [0.3, 0.4) is 0 Å². The highest BCUT2D eigenvalue weighted by Crippen LogP contribution is 2.36. The second-order valence-electron chi connectivity index (χ2n) is 9.37. The van der Waals surface area contributed by atoms with Crippen molar-refractivity contribution >= 4 is 52.2 Å². The molecule has 218 valence electrons. The summed E-state index contributed by atoms with van der Waals surface area (Å²) < 4.78 is 32.2. The molecule has 0 radical (unpaired) electrons. The summed E-state index contributed by atoms with van der Waals surface area (Å²) in [5.74, 6) is -0.660. The largest absolute Gasteiger partial charge is 0.490 e. The molecule has 5 rings (SSSR count). The first-order valence-electron chi connectivity index (χ1n) is 13.3. The fourth-order valence-corrected chi connectivity index (χ4v) is 5.11. The lowest BCUT2D eigenvalue weighted by Gasteiger charge is -2.26. The number of ether oxygens (including phenoxy) is 3. The van der Waals surface area contributed by atoms with Gasteiger partial charge in [-0.15, -0.1) is 0 Å². The number of hydrogen-bond acceptors (Lipinski definition) is 6. The third-order valence-corrected chi connectivity index (χ3v) is 7.22. The van der Waals surface area contributed by atoms with E-state index in [0.717, 1.165) is 10.5 Å². The van der Waals surface area contributed by atoms with Crippen molar-refractivity contribution in [1.29, 1.82) is 0 Å². The lowest BCUT2D eigenvalue weighted by atomic mass is 10.1. The van der Waals surface area contributed by atoms with Crippen molar-refractivity contribution in [3.8, 4) is 17.2 Å². The van der Waals surface area contributed by atoms with Gasteiger partial charge >= 0.3 is 6.03 Å². The molecule has 0 spiro atoms. The van der Waals surface area contributed by atoms with Crippen LogP contribution < -0.4 is 24.4 Å². The van der Waals surface area contributed by atoms with Gasteiger partial charge in [0.15, 0.2) is 11.5 Å². The second kappa shape index (κ2) is 13.5. The molecule has 1 aliphatic rings. The molecule has 8 nitrogen and oxygen atoms in total. The van der Waals surface area contributed by atoms with E-state index in [2.05, 4.69) is 5.32 Å². The summed E-state index contributed by atoms with van der Waals surface area (Å²) in [4.78, 5) is 39.8. The van der Waals surface area contributed by atoms with E-state index in [1.54, 1.807) is 61.5 Å². The highest BCUT2D eigenvalue weighted by molar-refractivity contribution is 14.1. The van der Waals surface area contributed by atoms with Gasteiger partial charge in [-0.25, -0.2) is 14.1 Å². The number of imide groups is 2. The number of rotatable bonds is 10. The molecule has 1 aliphatic heterocycles. The maximum absolute atomic E-state index is 14.1. The molecular formula is C33H26FIN2O6. The molecule has 1 saturated heterocycles. The van der Waals surface area contributed by atoms with Gasteiger partial charge < -0.3 is 14.2 Å². The Labute approximate surface area is 261 Å². The number of carbonyl (C=O) groups is 3. The average molecular weight is 692 g/mol. The van der Waals surface area contributed by atoms with Crippen LogP contribution in [0.5, 0.6) is 17.2 Å². The molecule has 1 heterocycles. The molecule has 10 heteroatoms. The molecule has 1 N–H and O–H groups in total. The quantitative estimate of drug-likeness (QED) is 0.114. The molecule has 0 aliphatic carbocycles. The molecule has 0 atom stereocenters. The predicted molar refractivity (Wildman–Crippen MR) is 167 cm³/mol. The number of benzene rings is 4. The van der Waals surface area contributed by atoms with Crippen LogP contribution in [0.25, 0.3) is 6.08 Å². The van der Waals surface area contributed by atoms with Crippen LogP contribution >= 0.6 is 22.6 Å². The number of anilines is 1. The first-order chi connectivity index (χ1) is 20.8. The number of urea groups is 1. The molecule has 0 bridgehead atoms. The van der Waals surface area contributed by atoms with Crippen molar-refractivity contribution in [2.75, 3.05) is 11.5 Å². The molecule has 0 aromatic heterocycles. The molecule has 43 heavy (non-hydrogen) atoms. The van der Waals surface area contributed by atoms with E-state index in [9.17, 15) is 18.8 Å². The Morgan fingerprint density at radius 3 is 2.30 bits per heavy atom. The van der Waals surface area contributed by atoms with Gasteiger partial charge in [0.2, 0.25) is 0 Å². The van der Waals surface area contributed by atoms with Crippen LogP contribution in [0.1, 0.15) is 23.6 Å². The minimum atomic E-state index is -0.855. The highest BCUT2D eigenvalue weighted by atomic mass is 127. The summed E-state index contributed by atoms with van der Waals surface area (Å²) >= 11 is 2.05.